The number of carbonyl (C=O) groups excluding carboxylic acids is 1. The molecule has 8 heteroatoms. The summed E-state index contributed by atoms with van der Waals surface area (Å²) in [6.07, 6.45) is -0.153. The Hall–Kier alpha value is -0.340. The van der Waals surface area contributed by atoms with Gasteiger partial charge in [-0.05, 0) is 39.8 Å². The molecular formula is C15H20BrClFNO3S. The molecule has 0 bridgehead atoms. The number of ether oxygens (including phenoxy) is 1. The molecule has 23 heavy (non-hydrogen) atoms. The van der Waals surface area contributed by atoms with Crippen LogP contribution in [0.5, 0.6) is 0 Å². The van der Waals surface area contributed by atoms with Crippen LogP contribution in [0.1, 0.15) is 45.7 Å². The first kappa shape index (κ1) is 20.7. The maximum absolute atomic E-state index is 14.4. The second-order valence-electron chi connectivity index (χ2n) is 5.85. The van der Waals surface area contributed by atoms with Crippen molar-refractivity contribution in [3.8, 4) is 0 Å². The molecule has 1 N–H and O–H groups in total. The third-order valence-electron chi connectivity index (χ3n) is 2.88. The lowest BCUT2D eigenvalue weighted by Gasteiger charge is -2.28. The molecule has 1 aromatic rings. The fraction of sp³-hybridized carbons (Fsp3) is 0.533. The maximum Gasteiger partial charge on any atom is 0.307 e. The highest BCUT2D eigenvalue weighted by Crippen LogP contribution is 2.31. The molecule has 0 radical (unpaired) electrons. The Morgan fingerprint density at radius 2 is 2.13 bits per heavy atom. The summed E-state index contributed by atoms with van der Waals surface area (Å²) in [6, 6.07) is 2.12. The van der Waals surface area contributed by atoms with Crippen LogP contribution in [0.4, 0.5) is 4.39 Å². The van der Waals surface area contributed by atoms with Crippen LogP contribution in [0.15, 0.2) is 16.6 Å². The van der Waals surface area contributed by atoms with Gasteiger partial charge in [-0.3, -0.25) is 4.79 Å². The van der Waals surface area contributed by atoms with E-state index in [2.05, 4.69) is 20.7 Å². The van der Waals surface area contributed by atoms with E-state index in [1.54, 1.807) is 27.7 Å². The molecule has 0 aliphatic rings. The predicted octanol–water partition coefficient (Wildman–Crippen LogP) is 4.29. The summed E-state index contributed by atoms with van der Waals surface area (Å²) in [7, 11) is 0. The summed E-state index contributed by atoms with van der Waals surface area (Å²) in [5, 5.41) is -0.0772. The van der Waals surface area contributed by atoms with E-state index in [1.807, 2.05) is 0 Å². The SMILES string of the molecule is CCOC(=O)CC(N[S+]([O-])C(C)(C)C)c1cc(Br)cc(Cl)c1F. The first-order valence-electron chi connectivity index (χ1n) is 7.04. The summed E-state index contributed by atoms with van der Waals surface area (Å²) in [5.74, 6) is -1.16. The van der Waals surface area contributed by atoms with Crippen LogP contribution >= 0.6 is 27.5 Å². The van der Waals surface area contributed by atoms with Gasteiger partial charge < -0.3 is 9.29 Å². The third-order valence-corrected chi connectivity index (χ3v) is 5.22. The van der Waals surface area contributed by atoms with Gasteiger partial charge in [0.15, 0.2) is 0 Å². The van der Waals surface area contributed by atoms with E-state index in [1.165, 1.54) is 12.1 Å². The molecule has 1 aromatic carbocycles. The number of nitrogens with one attached hydrogen (secondary N) is 1. The van der Waals surface area contributed by atoms with E-state index in [4.69, 9.17) is 16.3 Å². The number of halogens is 3. The highest BCUT2D eigenvalue weighted by Gasteiger charge is 2.32. The smallest absolute Gasteiger partial charge is 0.307 e. The Labute approximate surface area is 152 Å². The Balaban J connectivity index is 3.16. The molecule has 0 saturated heterocycles. The summed E-state index contributed by atoms with van der Waals surface area (Å²) in [4.78, 5) is 11.8. The zero-order valence-corrected chi connectivity index (χ0v) is 16.6. The standard InChI is InChI=1S/C15H20BrClFNO3S/c1-5-22-13(20)8-12(19-23(21)15(2,3)4)10-6-9(16)7-11(17)14(10)18/h6-7,12,19H,5,8H2,1-4H3. The molecule has 0 amide bonds. The van der Waals surface area contributed by atoms with Crippen LogP contribution in [0, 0.1) is 5.82 Å². The van der Waals surface area contributed by atoms with Gasteiger partial charge in [-0.2, -0.15) is 0 Å². The minimum absolute atomic E-state index is 0.0772. The minimum Gasteiger partial charge on any atom is -0.598 e. The fourth-order valence-corrected chi connectivity index (χ4v) is 3.39. The molecule has 0 spiro atoms. The van der Waals surface area contributed by atoms with Crippen LogP contribution in [0.2, 0.25) is 5.02 Å². The monoisotopic (exact) mass is 427 g/mol. The molecule has 130 valence electrons. The van der Waals surface area contributed by atoms with Crippen LogP contribution in [0.25, 0.3) is 0 Å². The lowest BCUT2D eigenvalue weighted by molar-refractivity contribution is -0.143. The first-order chi connectivity index (χ1) is 10.6. The van der Waals surface area contributed by atoms with Gasteiger partial charge in [0.05, 0.1) is 24.1 Å². The van der Waals surface area contributed by atoms with Gasteiger partial charge in [0.1, 0.15) is 10.6 Å². The second-order valence-corrected chi connectivity index (χ2v) is 9.17. The van der Waals surface area contributed by atoms with Crippen molar-refractivity contribution in [1.29, 1.82) is 0 Å². The summed E-state index contributed by atoms with van der Waals surface area (Å²) >= 11 is 7.62. The van der Waals surface area contributed by atoms with Crippen LogP contribution in [-0.4, -0.2) is 21.9 Å². The van der Waals surface area contributed by atoms with Gasteiger partial charge in [0.2, 0.25) is 0 Å². The van der Waals surface area contributed by atoms with Gasteiger partial charge in [0.25, 0.3) is 0 Å². The van der Waals surface area contributed by atoms with E-state index >= 15 is 0 Å². The number of esters is 1. The normalized spacial score (nSPS) is 14.4. The van der Waals surface area contributed by atoms with Gasteiger partial charge in [-0.25, -0.2) is 4.39 Å². The second kappa shape index (κ2) is 8.67. The van der Waals surface area contributed by atoms with Gasteiger partial charge in [-0.15, -0.1) is 4.72 Å². The molecule has 0 aromatic heterocycles. The van der Waals surface area contributed by atoms with E-state index in [9.17, 15) is 13.7 Å². The van der Waals surface area contributed by atoms with Crippen molar-refractivity contribution in [2.75, 3.05) is 6.61 Å². The van der Waals surface area contributed by atoms with E-state index in [-0.39, 0.29) is 23.6 Å². The topological polar surface area (TPSA) is 61.4 Å². The number of benzene rings is 1. The van der Waals surface area contributed by atoms with Crippen molar-refractivity contribution >= 4 is 44.9 Å². The highest BCUT2D eigenvalue weighted by molar-refractivity contribution is 9.10. The maximum atomic E-state index is 14.4. The molecule has 2 atom stereocenters. The van der Waals surface area contributed by atoms with Crippen molar-refractivity contribution in [2.24, 2.45) is 0 Å². The van der Waals surface area contributed by atoms with Crippen molar-refractivity contribution < 1.29 is 18.5 Å². The molecule has 1 rings (SSSR count). The average molecular weight is 429 g/mol. The van der Waals surface area contributed by atoms with Crippen molar-refractivity contribution in [1.82, 2.24) is 4.72 Å². The zero-order chi connectivity index (χ0) is 17.8. The Kier molecular flexibility index (Phi) is 7.80. The molecule has 0 saturated carbocycles. The lowest BCUT2D eigenvalue weighted by atomic mass is 10.0. The molecule has 0 aliphatic heterocycles. The van der Waals surface area contributed by atoms with Gasteiger partial charge in [-0.1, -0.05) is 27.5 Å². The minimum atomic E-state index is -1.49. The van der Waals surface area contributed by atoms with E-state index in [0.29, 0.717) is 4.47 Å². The van der Waals surface area contributed by atoms with Crippen LogP contribution in [-0.2, 0) is 20.9 Å². The Morgan fingerprint density at radius 1 is 1.52 bits per heavy atom. The first-order valence-corrected chi connectivity index (χ1v) is 9.36. The largest absolute Gasteiger partial charge is 0.598 e. The molecule has 0 fully saturated rings. The molecular weight excluding hydrogens is 409 g/mol. The van der Waals surface area contributed by atoms with Crippen molar-refractivity contribution in [2.45, 2.75) is 44.9 Å². The summed E-state index contributed by atoms with van der Waals surface area (Å²) < 4.78 is 34.4. The van der Waals surface area contributed by atoms with Crippen LogP contribution < -0.4 is 4.72 Å². The quantitative estimate of drug-likeness (QED) is 0.417. The molecule has 2 unspecified atom stereocenters. The Morgan fingerprint density at radius 3 is 2.65 bits per heavy atom. The number of rotatable bonds is 6. The number of carbonyl (C=O) groups is 1. The number of hydrogen-bond acceptors (Lipinski definition) is 4. The predicted molar refractivity (Wildman–Crippen MR) is 94.1 cm³/mol. The van der Waals surface area contributed by atoms with Crippen molar-refractivity contribution in [3.05, 3.63) is 33.0 Å². The fourth-order valence-electron chi connectivity index (χ4n) is 1.74. The Bertz CT molecular complexity index is 568. The molecule has 0 aliphatic carbocycles. The zero-order valence-electron chi connectivity index (χ0n) is 13.4. The highest BCUT2D eigenvalue weighted by atomic mass is 79.9. The van der Waals surface area contributed by atoms with Crippen LogP contribution in [0.3, 0.4) is 0 Å². The number of hydrogen-bond donors (Lipinski definition) is 1. The van der Waals surface area contributed by atoms with Crippen molar-refractivity contribution in [3.63, 3.8) is 0 Å². The van der Waals surface area contributed by atoms with Gasteiger partial charge in [0, 0.05) is 21.4 Å². The summed E-state index contributed by atoms with van der Waals surface area (Å²) in [6.45, 7) is 7.24. The third kappa shape index (κ3) is 6.23. The van der Waals surface area contributed by atoms with Gasteiger partial charge >= 0.3 is 5.97 Å². The lowest BCUT2D eigenvalue weighted by Crippen LogP contribution is -2.42. The van der Waals surface area contributed by atoms with E-state index < -0.39 is 33.9 Å². The average Bonchev–Trinajstić information content (AvgIpc) is 2.41. The molecule has 0 heterocycles. The molecule has 4 nitrogen and oxygen atoms in total. The summed E-state index contributed by atoms with van der Waals surface area (Å²) in [5.41, 5.74) is 0.162. The van der Waals surface area contributed by atoms with E-state index in [0.717, 1.165) is 0 Å².